The highest BCUT2D eigenvalue weighted by Crippen LogP contribution is 2.23. The minimum Gasteiger partial charge on any atom is -0.335 e. The molecule has 122 valence electrons. The average molecular weight is 380 g/mol. The van der Waals surface area contributed by atoms with Crippen LogP contribution in [-0.2, 0) is 0 Å². The van der Waals surface area contributed by atoms with Gasteiger partial charge in [-0.2, -0.15) is 10.2 Å². The summed E-state index contributed by atoms with van der Waals surface area (Å²) in [6.07, 6.45) is 4.50. The Morgan fingerprint density at radius 3 is 2.83 bits per heavy atom. The standard InChI is InChI=1S/C15H18BrN5O2/c1-10(2)21-14(22)4-3-13(18-21)15(23)19-6-5-12(9-19)20-8-11(16)7-17-20/h3-4,7-8,10,12H,5-6,9H2,1-2H3. The predicted octanol–water partition coefficient (Wildman–Crippen LogP) is 1.87. The number of nitrogens with zero attached hydrogens (tertiary/aromatic N) is 5. The van der Waals surface area contributed by atoms with Gasteiger partial charge in [0.05, 0.1) is 22.8 Å². The van der Waals surface area contributed by atoms with Gasteiger partial charge in [0.15, 0.2) is 0 Å². The number of hydrogen-bond acceptors (Lipinski definition) is 4. The van der Waals surface area contributed by atoms with Gasteiger partial charge < -0.3 is 4.90 Å². The van der Waals surface area contributed by atoms with Crippen molar-refractivity contribution in [2.45, 2.75) is 32.4 Å². The third-order valence-electron chi connectivity index (χ3n) is 3.93. The Hall–Kier alpha value is -1.96. The fraction of sp³-hybridized carbons (Fsp3) is 0.467. The Bertz CT molecular complexity index is 782. The van der Waals surface area contributed by atoms with Gasteiger partial charge in [0.1, 0.15) is 5.69 Å². The highest BCUT2D eigenvalue weighted by atomic mass is 79.9. The third-order valence-corrected chi connectivity index (χ3v) is 4.34. The Morgan fingerprint density at radius 1 is 1.39 bits per heavy atom. The SMILES string of the molecule is CC(C)n1nc(C(=O)N2CCC(n3cc(Br)cn3)C2)ccc1=O. The third kappa shape index (κ3) is 3.21. The van der Waals surface area contributed by atoms with Crippen molar-refractivity contribution < 1.29 is 4.79 Å². The van der Waals surface area contributed by atoms with Gasteiger partial charge >= 0.3 is 0 Å². The first-order valence-corrected chi connectivity index (χ1v) is 8.34. The van der Waals surface area contributed by atoms with Crippen LogP contribution in [0.3, 0.4) is 0 Å². The summed E-state index contributed by atoms with van der Waals surface area (Å²) in [7, 11) is 0. The number of likely N-dealkylation sites (tertiary alicyclic amines) is 1. The van der Waals surface area contributed by atoms with Crippen molar-refractivity contribution >= 4 is 21.8 Å². The first kappa shape index (κ1) is 15.9. The highest BCUT2D eigenvalue weighted by Gasteiger charge is 2.29. The van der Waals surface area contributed by atoms with Crippen molar-refractivity contribution in [1.29, 1.82) is 0 Å². The zero-order valence-corrected chi connectivity index (χ0v) is 14.6. The van der Waals surface area contributed by atoms with E-state index in [9.17, 15) is 9.59 Å². The Labute approximate surface area is 142 Å². The molecule has 0 aliphatic carbocycles. The number of carbonyl (C=O) groups excluding carboxylic acids is 1. The molecule has 1 unspecified atom stereocenters. The van der Waals surface area contributed by atoms with Crippen LogP contribution in [0.5, 0.6) is 0 Å². The van der Waals surface area contributed by atoms with Crippen molar-refractivity contribution in [3.05, 3.63) is 45.0 Å². The number of aromatic nitrogens is 4. The van der Waals surface area contributed by atoms with Gasteiger partial charge in [-0.1, -0.05) is 0 Å². The highest BCUT2D eigenvalue weighted by molar-refractivity contribution is 9.10. The second-order valence-electron chi connectivity index (χ2n) is 5.93. The summed E-state index contributed by atoms with van der Waals surface area (Å²) in [5.74, 6) is -0.145. The molecule has 0 spiro atoms. The molecule has 2 aromatic heterocycles. The maximum absolute atomic E-state index is 12.6. The summed E-state index contributed by atoms with van der Waals surface area (Å²) in [6, 6.07) is 2.99. The van der Waals surface area contributed by atoms with E-state index in [1.807, 2.05) is 24.7 Å². The van der Waals surface area contributed by atoms with Gasteiger partial charge in [0, 0.05) is 25.4 Å². The van der Waals surface area contributed by atoms with Crippen LogP contribution in [0, 0.1) is 0 Å². The van der Waals surface area contributed by atoms with E-state index >= 15 is 0 Å². The van der Waals surface area contributed by atoms with Crippen LogP contribution in [0.2, 0.25) is 0 Å². The fourth-order valence-electron chi connectivity index (χ4n) is 2.73. The minimum atomic E-state index is -0.197. The summed E-state index contributed by atoms with van der Waals surface area (Å²) in [5, 5.41) is 8.49. The van der Waals surface area contributed by atoms with E-state index in [0.29, 0.717) is 18.8 Å². The molecule has 3 heterocycles. The van der Waals surface area contributed by atoms with E-state index in [0.717, 1.165) is 10.9 Å². The van der Waals surface area contributed by atoms with Gasteiger partial charge in [-0.3, -0.25) is 14.3 Å². The van der Waals surface area contributed by atoms with Gasteiger partial charge in [-0.05, 0) is 42.3 Å². The molecule has 23 heavy (non-hydrogen) atoms. The number of rotatable bonds is 3. The molecular weight excluding hydrogens is 362 g/mol. The topological polar surface area (TPSA) is 73.0 Å². The molecular formula is C15H18BrN5O2. The Kier molecular flexibility index (Phi) is 4.34. The molecule has 8 heteroatoms. The van der Waals surface area contributed by atoms with Gasteiger partial charge in [-0.15, -0.1) is 0 Å². The van der Waals surface area contributed by atoms with Crippen molar-refractivity contribution in [2.75, 3.05) is 13.1 Å². The average Bonchev–Trinajstić information content (AvgIpc) is 3.15. The van der Waals surface area contributed by atoms with Gasteiger partial charge in [-0.25, -0.2) is 4.68 Å². The zero-order valence-electron chi connectivity index (χ0n) is 13.0. The predicted molar refractivity (Wildman–Crippen MR) is 88.4 cm³/mol. The van der Waals surface area contributed by atoms with Crippen molar-refractivity contribution in [1.82, 2.24) is 24.5 Å². The lowest BCUT2D eigenvalue weighted by atomic mass is 10.3. The lowest BCUT2D eigenvalue weighted by Gasteiger charge is -2.17. The summed E-state index contributed by atoms with van der Waals surface area (Å²) in [5.41, 5.74) is 0.109. The van der Waals surface area contributed by atoms with Crippen LogP contribution in [0.4, 0.5) is 0 Å². The normalized spacial score (nSPS) is 17.9. The number of amides is 1. The van der Waals surface area contributed by atoms with E-state index in [1.165, 1.54) is 16.8 Å². The van der Waals surface area contributed by atoms with E-state index < -0.39 is 0 Å². The summed E-state index contributed by atoms with van der Waals surface area (Å²) in [4.78, 5) is 26.1. The second-order valence-corrected chi connectivity index (χ2v) is 6.84. The van der Waals surface area contributed by atoms with E-state index in [2.05, 4.69) is 26.1 Å². The molecule has 1 aliphatic heterocycles. The summed E-state index contributed by atoms with van der Waals surface area (Å²) < 4.78 is 4.14. The molecule has 0 saturated carbocycles. The van der Waals surface area contributed by atoms with Crippen LogP contribution in [0.1, 0.15) is 42.8 Å². The van der Waals surface area contributed by atoms with Crippen molar-refractivity contribution in [3.8, 4) is 0 Å². The molecule has 0 aromatic carbocycles. The first-order valence-electron chi connectivity index (χ1n) is 7.54. The van der Waals surface area contributed by atoms with Gasteiger partial charge in [0.2, 0.25) is 0 Å². The van der Waals surface area contributed by atoms with Crippen LogP contribution < -0.4 is 5.56 Å². The Morgan fingerprint density at radius 2 is 2.17 bits per heavy atom. The van der Waals surface area contributed by atoms with Crippen molar-refractivity contribution in [2.24, 2.45) is 0 Å². The molecule has 1 aliphatic rings. The molecule has 2 aromatic rings. The van der Waals surface area contributed by atoms with E-state index in [-0.39, 0.29) is 23.6 Å². The second kappa shape index (κ2) is 6.27. The number of hydrogen-bond donors (Lipinski definition) is 0. The fourth-order valence-corrected chi connectivity index (χ4v) is 3.03. The zero-order chi connectivity index (χ0) is 16.6. The lowest BCUT2D eigenvalue weighted by Crippen LogP contribution is -2.33. The molecule has 0 N–H and O–H groups in total. The molecule has 1 fully saturated rings. The largest absolute Gasteiger partial charge is 0.335 e. The molecule has 0 bridgehead atoms. The maximum atomic E-state index is 12.6. The molecule has 3 rings (SSSR count). The van der Waals surface area contributed by atoms with Crippen LogP contribution in [0.25, 0.3) is 0 Å². The maximum Gasteiger partial charge on any atom is 0.274 e. The number of halogens is 1. The van der Waals surface area contributed by atoms with E-state index in [4.69, 9.17) is 0 Å². The quantitative estimate of drug-likeness (QED) is 0.815. The molecule has 1 amide bonds. The van der Waals surface area contributed by atoms with Crippen LogP contribution in [-0.4, -0.2) is 43.5 Å². The molecule has 0 radical (unpaired) electrons. The molecule has 1 atom stereocenters. The molecule has 7 nitrogen and oxygen atoms in total. The minimum absolute atomic E-state index is 0.0806. The van der Waals surface area contributed by atoms with Crippen molar-refractivity contribution in [3.63, 3.8) is 0 Å². The Balaban J connectivity index is 1.77. The van der Waals surface area contributed by atoms with Gasteiger partial charge in [0.25, 0.3) is 11.5 Å². The van der Waals surface area contributed by atoms with Crippen LogP contribution in [0.15, 0.2) is 33.8 Å². The monoisotopic (exact) mass is 379 g/mol. The molecule has 1 saturated heterocycles. The number of carbonyl (C=O) groups is 1. The van der Waals surface area contributed by atoms with Crippen LogP contribution >= 0.6 is 15.9 Å². The lowest BCUT2D eigenvalue weighted by molar-refractivity contribution is 0.0778. The van der Waals surface area contributed by atoms with E-state index in [1.54, 1.807) is 11.1 Å². The summed E-state index contributed by atoms with van der Waals surface area (Å²) in [6.45, 7) is 4.98. The summed E-state index contributed by atoms with van der Waals surface area (Å²) >= 11 is 3.38. The smallest absolute Gasteiger partial charge is 0.274 e. The first-order chi connectivity index (χ1) is 11.0.